The number of halogens is 3. The van der Waals surface area contributed by atoms with E-state index >= 15 is 0 Å². The molecule has 146 valence electrons. The van der Waals surface area contributed by atoms with E-state index in [9.17, 15) is 18.3 Å². The number of ether oxygens (including phenoxy) is 1. The number of rotatable bonds is 7. The lowest BCUT2D eigenvalue weighted by Gasteiger charge is -2.17. The normalized spacial score (nSPS) is 17.2. The first-order valence-electron chi connectivity index (χ1n) is 8.91. The monoisotopic (exact) mass is 373 g/mol. The van der Waals surface area contributed by atoms with Gasteiger partial charge in [-0.2, -0.15) is 13.2 Å². The van der Waals surface area contributed by atoms with Crippen molar-refractivity contribution in [3.8, 4) is 5.75 Å². The highest BCUT2D eigenvalue weighted by Gasteiger charge is 2.30. The van der Waals surface area contributed by atoms with Crippen molar-refractivity contribution < 1.29 is 23.0 Å². The van der Waals surface area contributed by atoms with E-state index in [0.29, 0.717) is 12.0 Å². The van der Waals surface area contributed by atoms with E-state index in [0.717, 1.165) is 31.5 Å². The lowest BCUT2D eigenvalue weighted by Crippen LogP contribution is -2.43. The Morgan fingerprint density at radius 2 is 1.92 bits per heavy atom. The smallest absolute Gasteiger partial charge is 0.416 e. The zero-order valence-electron chi connectivity index (χ0n) is 14.9. The molecule has 0 radical (unpaired) electrons. The molecule has 0 bridgehead atoms. The van der Waals surface area contributed by atoms with Crippen LogP contribution in [0, 0.1) is 0 Å². The molecule has 1 aliphatic carbocycles. The zero-order chi connectivity index (χ0) is 19.0. The fourth-order valence-corrected chi connectivity index (χ4v) is 2.77. The molecule has 2 rings (SSSR count). The predicted molar refractivity (Wildman–Crippen MR) is 94.3 cm³/mol. The number of aliphatic hydroxyl groups is 1. The highest BCUT2D eigenvalue weighted by molar-refractivity contribution is 5.80. The van der Waals surface area contributed by atoms with Gasteiger partial charge in [0.25, 0.3) is 0 Å². The number of benzene rings is 1. The molecular formula is C18H26F3N3O2. The van der Waals surface area contributed by atoms with Crippen molar-refractivity contribution in [2.24, 2.45) is 4.99 Å². The molecule has 0 spiro atoms. The van der Waals surface area contributed by atoms with E-state index in [4.69, 9.17) is 4.74 Å². The van der Waals surface area contributed by atoms with Gasteiger partial charge >= 0.3 is 6.18 Å². The second kappa shape index (κ2) is 9.66. The van der Waals surface area contributed by atoms with Gasteiger partial charge in [-0.3, -0.25) is 4.99 Å². The summed E-state index contributed by atoms with van der Waals surface area (Å²) in [4.78, 5) is 4.35. The molecule has 1 unspecified atom stereocenters. The van der Waals surface area contributed by atoms with Crippen molar-refractivity contribution in [3.05, 3.63) is 29.8 Å². The molecule has 0 aromatic heterocycles. The molecule has 0 saturated heterocycles. The van der Waals surface area contributed by atoms with Crippen LogP contribution in [0.4, 0.5) is 13.2 Å². The van der Waals surface area contributed by atoms with Gasteiger partial charge in [-0.15, -0.1) is 0 Å². The summed E-state index contributed by atoms with van der Waals surface area (Å²) in [6, 6.07) is 4.80. The Morgan fingerprint density at radius 3 is 2.50 bits per heavy atom. The minimum Gasteiger partial charge on any atom is -0.491 e. The molecule has 5 nitrogen and oxygen atoms in total. The Hall–Kier alpha value is -1.96. The molecule has 1 aromatic rings. The average Bonchev–Trinajstić information content (AvgIpc) is 3.10. The van der Waals surface area contributed by atoms with Crippen molar-refractivity contribution >= 4 is 5.96 Å². The maximum absolute atomic E-state index is 12.5. The maximum Gasteiger partial charge on any atom is 0.416 e. The first-order chi connectivity index (χ1) is 12.4. The molecule has 0 heterocycles. The Kier molecular flexibility index (Phi) is 7.56. The number of hydrogen-bond acceptors (Lipinski definition) is 3. The van der Waals surface area contributed by atoms with Crippen LogP contribution in [0.15, 0.2) is 29.3 Å². The molecule has 1 fully saturated rings. The second-order valence-corrected chi connectivity index (χ2v) is 6.33. The third-order valence-electron chi connectivity index (χ3n) is 4.12. The molecule has 0 aliphatic heterocycles. The first-order valence-corrected chi connectivity index (χ1v) is 8.91. The zero-order valence-corrected chi connectivity index (χ0v) is 14.9. The Labute approximate surface area is 151 Å². The third-order valence-corrected chi connectivity index (χ3v) is 4.12. The van der Waals surface area contributed by atoms with E-state index in [1.165, 1.54) is 25.0 Å². The van der Waals surface area contributed by atoms with E-state index in [-0.39, 0.29) is 18.9 Å². The first kappa shape index (κ1) is 20.4. The molecule has 3 N–H and O–H groups in total. The number of nitrogens with one attached hydrogen (secondary N) is 2. The third kappa shape index (κ3) is 6.74. The quantitative estimate of drug-likeness (QED) is 0.508. The van der Waals surface area contributed by atoms with Crippen LogP contribution in [0.3, 0.4) is 0 Å². The Bertz CT molecular complexity index is 570. The van der Waals surface area contributed by atoms with Gasteiger partial charge in [0.1, 0.15) is 18.5 Å². The molecule has 26 heavy (non-hydrogen) atoms. The molecule has 0 amide bonds. The number of aliphatic imine (C=N–C) groups is 1. The van der Waals surface area contributed by atoms with Gasteiger partial charge in [-0.25, -0.2) is 0 Å². The second-order valence-electron chi connectivity index (χ2n) is 6.33. The maximum atomic E-state index is 12.5. The van der Waals surface area contributed by atoms with Crippen molar-refractivity contribution in [1.82, 2.24) is 10.6 Å². The summed E-state index contributed by atoms with van der Waals surface area (Å²) in [6.07, 6.45) is -0.576. The summed E-state index contributed by atoms with van der Waals surface area (Å²) >= 11 is 0. The van der Waals surface area contributed by atoms with Crippen LogP contribution in [0.25, 0.3) is 0 Å². The Balaban J connectivity index is 1.79. The van der Waals surface area contributed by atoms with Crippen molar-refractivity contribution in [2.45, 2.75) is 50.9 Å². The van der Waals surface area contributed by atoms with Crippen LogP contribution in [0.5, 0.6) is 5.75 Å². The van der Waals surface area contributed by atoms with Crippen LogP contribution in [-0.4, -0.2) is 42.9 Å². The van der Waals surface area contributed by atoms with Crippen LogP contribution >= 0.6 is 0 Å². The average molecular weight is 373 g/mol. The largest absolute Gasteiger partial charge is 0.491 e. The van der Waals surface area contributed by atoms with Crippen LogP contribution in [0.1, 0.15) is 38.2 Å². The minimum atomic E-state index is -4.37. The number of aliphatic hydroxyl groups excluding tert-OH is 1. The summed E-state index contributed by atoms with van der Waals surface area (Å²) in [6.45, 7) is 2.78. The highest BCUT2D eigenvalue weighted by Crippen LogP contribution is 2.30. The summed E-state index contributed by atoms with van der Waals surface area (Å²) in [7, 11) is 0. The van der Waals surface area contributed by atoms with E-state index in [2.05, 4.69) is 15.6 Å². The van der Waals surface area contributed by atoms with Crippen LogP contribution in [0.2, 0.25) is 0 Å². The number of guanidine groups is 1. The van der Waals surface area contributed by atoms with Crippen molar-refractivity contribution in [2.75, 3.05) is 19.7 Å². The molecule has 8 heteroatoms. The standard InChI is InChI=1S/C18H26F3N3O2/c1-2-22-17(24-14-5-3-4-6-14)23-11-15(25)12-26-16-9-7-13(8-10-16)18(19,20)21/h7-10,14-15,25H,2-6,11-12H2,1H3,(H2,22,23,24). The minimum absolute atomic E-state index is 0.0440. The fraction of sp³-hybridized carbons (Fsp3) is 0.611. The topological polar surface area (TPSA) is 65.9 Å². The van der Waals surface area contributed by atoms with E-state index in [1.807, 2.05) is 6.92 Å². The van der Waals surface area contributed by atoms with Gasteiger partial charge in [-0.05, 0) is 44.0 Å². The number of nitrogens with zero attached hydrogens (tertiary/aromatic N) is 1. The highest BCUT2D eigenvalue weighted by atomic mass is 19.4. The summed E-state index contributed by atoms with van der Waals surface area (Å²) in [5.41, 5.74) is -0.733. The van der Waals surface area contributed by atoms with E-state index < -0.39 is 17.8 Å². The van der Waals surface area contributed by atoms with Gasteiger partial charge in [0, 0.05) is 12.6 Å². The molecular weight excluding hydrogens is 347 g/mol. The van der Waals surface area contributed by atoms with Crippen molar-refractivity contribution in [1.29, 1.82) is 0 Å². The van der Waals surface area contributed by atoms with Gasteiger partial charge in [-0.1, -0.05) is 12.8 Å². The van der Waals surface area contributed by atoms with Gasteiger partial charge < -0.3 is 20.5 Å². The number of alkyl halides is 3. The number of hydrogen-bond donors (Lipinski definition) is 3. The van der Waals surface area contributed by atoms with Crippen LogP contribution < -0.4 is 15.4 Å². The summed E-state index contributed by atoms with van der Waals surface area (Å²) in [5, 5.41) is 16.5. The lowest BCUT2D eigenvalue weighted by molar-refractivity contribution is -0.137. The van der Waals surface area contributed by atoms with Crippen molar-refractivity contribution in [3.63, 3.8) is 0 Å². The Morgan fingerprint density at radius 1 is 1.27 bits per heavy atom. The van der Waals surface area contributed by atoms with Gasteiger partial charge in [0.15, 0.2) is 5.96 Å². The van der Waals surface area contributed by atoms with Crippen LogP contribution in [-0.2, 0) is 6.18 Å². The SMILES string of the molecule is CCNC(=NCC(O)COc1ccc(C(F)(F)F)cc1)NC1CCCC1. The summed E-state index contributed by atoms with van der Waals surface area (Å²) < 4.78 is 42.9. The molecule has 1 saturated carbocycles. The van der Waals surface area contributed by atoms with Gasteiger partial charge in [0.2, 0.25) is 0 Å². The summed E-state index contributed by atoms with van der Waals surface area (Å²) in [5.74, 6) is 0.935. The van der Waals surface area contributed by atoms with E-state index in [1.54, 1.807) is 0 Å². The fourth-order valence-electron chi connectivity index (χ4n) is 2.77. The van der Waals surface area contributed by atoms with Gasteiger partial charge in [0.05, 0.1) is 12.1 Å². The lowest BCUT2D eigenvalue weighted by atomic mass is 10.2. The molecule has 1 atom stereocenters. The predicted octanol–water partition coefficient (Wildman–Crippen LogP) is 2.94. The molecule has 1 aromatic carbocycles. The molecule has 1 aliphatic rings.